The van der Waals surface area contributed by atoms with Gasteiger partial charge in [-0.05, 0) is 53.7 Å². The van der Waals surface area contributed by atoms with Crippen molar-refractivity contribution in [1.82, 2.24) is 20.2 Å². The van der Waals surface area contributed by atoms with Crippen LogP contribution >= 0.6 is 0 Å². The number of nitrogens with one attached hydrogen (secondary N) is 1. The van der Waals surface area contributed by atoms with Gasteiger partial charge in [-0.1, -0.05) is 0 Å². The van der Waals surface area contributed by atoms with Crippen LogP contribution in [0.2, 0.25) is 0 Å². The monoisotopic (exact) mass is 369 g/mol. The topological polar surface area (TPSA) is 89.8 Å². The second kappa shape index (κ2) is 6.16. The molecule has 0 aliphatic heterocycles. The highest BCUT2D eigenvalue weighted by Crippen LogP contribution is 2.23. The molecule has 0 saturated carbocycles. The van der Waals surface area contributed by atoms with Crippen LogP contribution in [-0.4, -0.2) is 28.6 Å². The summed E-state index contributed by atoms with van der Waals surface area (Å²) < 4.78 is 68.0. The van der Waals surface area contributed by atoms with E-state index in [9.17, 15) is 21.6 Å². The molecule has 2 aromatic carbocycles. The third-order valence-electron chi connectivity index (χ3n) is 3.27. The summed E-state index contributed by atoms with van der Waals surface area (Å²) in [6, 6.07) is 5.60. The summed E-state index contributed by atoms with van der Waals surface area (Å²) in [6.07, 6.45) is 0. The minimum Gasteiger partial charge on any atom is -0.277 e. The van der Waals surface area contributed by atoms with E-state index in [0.29, 0.717) is 23.6 Å². The Labute approximate surface area is 140 Å². The van der Waals surface area contributed by atoms with Crippen molar-refractivity contribution in [3.05, 3.63) is 59.7 Å². The molecule has 7 nitrogen and oxygen atoms in total. The number of anilines is 1. The number of tetrazole rings is 1. The van der Waals surface area contributed by atoms with Gasteiger partial charge in [-0.3, -0.25) is 4.72 Å². The molecule has 3 rings (SSSR count). The Morgan fingerprint density at radius 2 is 1.72 bits per heavy atom. The van der Waals surface area contributed by atoms with E-state index in [1.807, 2.05) is 4.72 Å². The summed E-state index contributed by atoms with van der Waals surface area (Å²) in [5.41, 5.74) is -0.0796. The summed E-state index contributed by atoms with van der Waals surface area (Å²) in [5, 5.41) is 10.8. The van der Waals surface area contributed by atoms with Crippen molar-refractivity contribution in [3.8, 4) is 5.69 Å². The summed E-state index contributed by atoms with van der Waals surface area (Å²) >= 11 is 0. The number of benzene rings is 2. The van der Waals surface area contributed by atoms with E-state index in [0.717, 1.165) is 12.1 Å². The first-order chi connectivity index (χ1) is 11.8. The second-order valence-electron chi connectivity index (χ2n) is 4.98. The molecular formula is C14H10F3N5O2S. The van der Waals surface area contributed by atoms with Crippen LogP contribution in [0.4, 0.5) is 18.9 Å². The number of nitrogens with zero attached hydrogens (tertiary/aromatic N) is 4. The van der Waals surface area contributed by atoms with E-state index in [2.05, 4.69) is 15.5 Å². The molecule has 1 heterocycles. The average molecular weight is 369 g/mol. The smallest absolute Gasteiger partial charge is 0.262 e. The minimum absolute atomic E-state index is 0.312. The fourth-order valence-electron chi connectivity index (χ4n) is 2.04. The number of aryl methyl sites for hydroxylation is 1. The van der Waals surface area contributed by atoms with Crippen molar-refractivity contribution in [3.63, 3.8) is 0 Å². The van der Waals surface area contributed by atoms with Gasteiger partial charge < -0.3 is 0 Å². The van der Waals surface area contributed by atoms with Gasteiger partial charge in [0.05, 0.1) is 16.3 Å². The maximum absolute atomic E-state index is 14.0. The summed E-state index contributed by atoms with van der Waals surface area (Å²) in [5.74, 6) is -2.98. The number of hydrogen-bond acceptors (Lipinski definition) is 5. The molecule has 0 fully saturated rings. The van der Waals surface area contributed by atoms with Crippen molar-refractivity contribution in [2.24, 2.45) is 0 Å². The Balaban J connectivity index is 1.99. The van der Waals surface area contributed by atoms with Crippen LogP contribution in [0.3, 0.4) is 0 Å². The van der Waals surface area contributed by atoms with Crippen LogP contribution in [0, 0.1) is 24.4 Å². The quantitative estimate of drug-likeness (QED) is 0.761. The fraction of sp³-hybridized carbons (Fsp3) is 0.0714. The van der Waals surface area contributed by atoms with Crippen molar-refractivity contribution >= 4 is 15.7 Å². The van der Waals surface area contributed by atoms with E-state index < -0.39 is 38.1 Å². The zero-order valence-electron chi connectivity index (χ0n) is 12.6. The Morgan fingerprint density at radius 1 is 1.00 bits per heavy atom. The number of halogens is 3. The molecule has 0 aliphatic carbocycles. The van der Waals surface area contributed by atoms with Gasteiger partial charge in [0.15, 0.2) is 17.5 Å². The lowest BCUT2D eigenvalue weighted by Crippen LogP contribution is -2.15. The van der Waals surface area contributed by atoms with Crippen LogP contribution in [0.5, 0.6) is 0 Å². The lowest BCUT2D eigenvalue weighted by Gasteiger charge is -2.11. The van der Waals surface area contributed by atoms with Crippen molar-refractivity contribution in [1.29, 1.82) is 0 Å². The molecule has 0 unspecified atom stereocenters. The normalized spacial score (nSPS) is 11.5. The Bertz CT molecular complexity index is 1050. The van der Waals surface area contributed by atoms with Crippen LogP contribution in [0.15, 0.2) is 41.3 Å². The largest absolute Gasteiger partial charge is 0.277 e. The molecule has 1 aromatic heterocycles. The predicted octanol–water partition coefficient (Wildman–Crippen LogP) is 2.19. The summed E-state index contributed by atoms with van der Waals surface area (Å²) in [6.45, 7) is 1.61. The van der Waals surface area contributed by atoms with E-state index in [1.165, 1.54) is 16.8 Å². The fourth-order valence-corrected chi connectivity index (χ4v) is 3.11. The van der Waals surface area contributed by atoms with Gasteiger partial charge in [-0.15, -0.1) is 5.10 Å². The molecule has 130 valence electrons. The van der Waals surface area contributed by atoms with Gasteiger partial charge in [0.2, 0.25) is 0 Å². The number of aromatic nitrogens is 4. The molecule has 0 aliphatic rings. The maximum atomic E-state index is 14.0. The van der Waals surface area contributed by atoms with Gasteiger partial charge in [0.1, 0.15) is 5.82 Å². The minimum atomic E-state index is -4.33. The zero-order valence-corrected chi connectivity index (χ0v) is 13.4. The molecule has 0 bridgehead atoms. The summed E-state index contributed by atoms with van der Waals surface area (Å²) in [4.78, 5) is -0.546. The van der Waals surface area contributed by atoms with E-state index in [1.54, 1.807) is 6.92 Å². The van der Waals surface area contributed by atoms with Crippen molar-refractivity contribution in [2.45, 2.75) is 11.8 Å². The van der Waals surface area contributed by atoms with Crippen LogP contribution in [-0.2, 0) is 10.0 Å². The van der Waals surface area contributed by atoms with Crippen LogP contribution in [0.25, 0.3) is 5.69 Å². The first-order valence-corrected chi connectivity index (χ1v) is 8.29. The third-order valence-corrected chi connectivity index (χ3v) is 4.63. The van der Waals surface area contributed by atoms with Gasteiger partial charge in [-0.2, -0.15) is 4.68 Å². The Morgan fingerprint density at radius 3 is 2.36 bits per heavy atom. The highest BCUT2D eigenvalue weighted by Gasteiger charge is 2.19. The number of rotatable bonds is 4. The predicted molar refractivity (Wildman–Crippen MR) is 81.0 cm³/mol. The molecule has 1 N–H and O–H groups in total. The van der Waals surface area contributed by atoms with Crippen LogP contribution < -0.4 is 4.72 Å². The molecule has 0 atom stereocenters. The van der Waals surface area contributed by atoms with Crippen LogP contribution in [0.1, 0.15) is 5.82 Å². The SMILES string of the molecule is Cc1nnnn1-c1ccc(F)c(NS(=O)(=O)c2ccc(F)c(F)c2)c1. The summed E-state index contributed by atoms with van der Waals surface area (Å²) in [7, 11) is -4.33. The molecule has 25 heavy (non-hydrogen) atoms. The lowest BCUT2D eigenvalue weighted by atomic mass is 10.2. The van der Waals surface area contributed by atoms with Gasteiger partial charge in [0.25, 0.3) is 10.0 Å². The molecule has 11 heteroatoms. The first-order valence-electron chi connectivity index (χ1n) is 6.81. The standard InChI is InChI=1S/C14H10F3N5O2S/c1-8-18-20-21-22(8)9-2-4-12(16)14(6-9)19-25(23,24)10-3-5-11(15)13(17)7-10/h2-7,19H,1H3. The van der Waals surface area contributed by atoms with Gasteiger partial charge in [-0.25, -0.2) is 21.6 Å². The number of hydrogen-bond donors (Lipinski definition) is 1. The Hall–Kier alpha value is -2.95. The van der Waals surface area contributed by atoms with Gasteiger partial charge >= 0.3 is 0 Å². The van der Waals surface area contributed by atoms with E-state index in [4.69, 9.17) is 0 Å². The Kier molecular flexibility index (Phi) is 4.17. The lowest BCUT2D eigenvalue weighted by molar-refractivity contribution is 0.504. The van der Waals surface area contributed by atoms with Gasteiger partial charge in [0, 0.05) is 0 Å². The molecule has 0 radical (unpaired) electrons. The molecular weight excluding hydrogens is 359 g/mol. The second-order valence-corrected chi connectivity index (χ2v) is 6.67. The van der Waals surface area contributed by atoms with E-state index in [-0.39, 0.29) is 0 Å². The molecule has 3 aromatic rings. The highest BCUT2D eigenvalue weighted by atomic mass is 32.2. The third kappa shape index (κ3) is 3.31. The molecule has 0 saturated heterocycles. The van der Waals surface area contributed by atoms with E-state index >= 15 is 0 Å². The maximum Gasteiger partial charge on any atom is 0.262 e. The molecule has 0 spiro atoms. The molecule has 0 amide bonds. The van der Waals surface area contributed by atoms with Crippen molar-refractivity contribution < 1.29 is 21.6 Å². The highest BCUT2D eigenvalue weighted by molar-refractivity contribution is 7.92. The average Bonchev–Trinajstić information content (AvgIpc) is 2.98. The van der Waals surface area contributed by atoms with Crippen molar-refractivity contribution in [2.75, 3.05) is 4.72 Å². The number of sulfonamides is 1. The zero-order chi connectivity index (χ0) is 18.2. The first kappa shape index (κ1) is 16.9.